The van der Waals surface area contributed by atoms with Crippen LogP contribution in [0.25, 0.3) is 27.5 Å². The molecule has 9 heteroatoms. The van der Waals surface area contributed by atoms with Gasteiger partial charge in [-0.25, -0.2) is 28.2 Å². The van der Waals surface area contributed by atoms with Crippen molar-refractivity contribution in [3.8, 4) is 17.0 Å². The summed E-state index contributed by atoms with van der Waals surface area (Å²) in [5.41, 5.74) is 3.47. The maximum Gasteiger partial charge on any atom is 0.249 e. The Morgan fingerprint density at radius 1 is 1.13 bits per heavy atom. The lowest BCUT2D eigenvalue weighted by molar-refractivity contribution is -0.193. The maximum atomic E-state index is 13.2. The SMILES string of the molecule is COc1ncnc2ccc(-c3ccn4nc(NC5CC6(C5)CC(F)(F)C6)ncc34)cc12. The molecule has 1 N–H and O–H groups in total. The molecule has 0 saturated heterocycles. The third-order valence-corrected chi connectivity index (χ3v) is 6.48. The van der Waals surface area contributed by atoms with Crippen molar-refractivity contribution >= 4 is 22.4 Å². The average Bonchev–Trinajstić information content (AvgIpc) is 3.13. The molecule has 31 heavy (non-hydrogen) atoms. The zero-order chi connectivity index (χ0) is 21.2. The molecule has 0 atom stereocenters. The van der Waals surface area contributed by atoms with E-state index in [2.05, 4.69) is 25.4 Å². The van der Waals surface area contributed by atoms with Gasteiger partial charge in [0.15, 0.2) is 0 Å². The molecule has 6 rings (SSSR count). The van der Waals surface area contributed by atoms with Crippen LogP contribution in [-0.2, 0) is 0 Å². The lowest BCUT2D eigenvalue weighted by atomic mass is 9.52. The molecule has 2 aliphatic carbocycles. The lowest BCUT2D eigenvalue weighted by Crippen LogP contribution is -2.57. The second-order valence-corrected chi connectivity index (χ2v) is 8.71. The van der Waals surface area contributed by atoms with Crippen LogP contribution in [0.2, 0.25) is 0 Å². The summed E-state index contributed by atoms with van der Waals surface area (Å²) in [5, 5.41) is 8.68. The fourth-order valence-electron chi connectivity index (χ4n) is 5.18. The second kappa shape index (κ2) is 6.32. The Morgan fingerprint density at radius 2 is 1.97 bits per heavy atom. The summed E-state index contributed by atoms with van der Waals surface area (Å²) in [6, 6.07) is 8.07. The number of alkyl halides is 2. The van der Waals surface area contributed by atoms with Gasteiger partial charge in [-0.1, -0.05) is 6.07 Å². The molecule has 158 valence electrons. The van der Waals surface area contributed by atoms with Crippen molar-refractivity contribution < 1.29 is 13.5 Å². The van der Waals surface area contributed by atoms with E-state index in [0.717, 1.165) is 40.4 Å². The molecule has 0 amide bonds. The highest BCUT2D eigenvalue weighted by molar-refractivity contribution is 5.91. The van der Waals surface area contributed by atoms with Gasteiger partial charge in [-0.15, -0.1) is 5.10 Å². The maximum absolute atomic E-state index is 13.2. The van der Waals surface area contributed by atoms with Crippen LogP contribution in [0.3, 0.4) is 0 Å². The van der Waals surface area contributed by atoms with E-state index < -0.39 is 5.92 Å². The Balaban J connectivity index is 1.25. The van der Waals surface area contributed by atoms with Crippen LogP contribution in [0.15, 0.2) is 43.0 Å². The van der Waals surface area contributed by atoms with E-state index in [1.54, 1.807) is 17.8 Å². The first-order valence-electron chi connectivity index (χ1n) is 10.2. The Labute approximate surface area is 176 Å². The van der Waals surface area contributed by atoms with Crippen molar-refractivity contribution in [2.45, 2.75) is 37.6 Å². The summed E-state index contributed by atoms with van der Waals surface area (Å²) in [4.78, 5) is 12.9. The Morgan fingerprint density at radius 3 is 2.74 bits per heavy atom. The molecule has 2 fully saturated rings. The summed E-state index contributed by atoms with van der Waals surface area (Å²) in [5.74, 6) is -1.43. The summed E-state index contributed by atoms with van der Waals surface area (Å²) in [6.45, 7) is 0. The van der Waals surface area contributed by atoms with Gasteiger partial charge in [-0.2, -0.15) is 0 Å². The minimum absolute atomic E-state index is 0.0145. The third kappa shape index (κ3) is 2.98. The van der Waals surface area contributed by atoms with E-state index >= 15 is 0 Å². The molecule has 1 aromatic carbocycles. The van der Waals surface area contributed by atoms with Gasteiger partial charge < -0.3 is 10.1 Å². The van der Waals surface area contributed by atoms with Gasteiger partial charge in [0.05, 0.1) is 29.7 Å². The van der Waals surface area contributed by atoms with E-state index in [1.807, 2.05) is 30.5 Å². The van der Waals surface area contributed by atoms with Gasteiger partial charge in [0.2, 0.25) is 17.8 Å². The van der Waals surface area contributed by atoms with E-state index in [4.69, 9.17) is 4.74 Å². The van der Waals surface area contributed by atoms with Gasteiger partial charge in [0, 0.05) is 30.6 Å². The minimum Gasteiger partial charge on any atom is -0.480 e. The fourth-order valence-corrected chi connectivity index (χ4v) is 5.18. The molecule has 4 aromatic rings. The van der Waals surface area contributed by atoms with E-state index in [-0.39, 0.29) is 24.3 Å². The van der Waals surface area contributed by atoms with Crippen LogP contribution in [0.1, 0.15) is 25.7 Å². The predicted octanol–water partition coefficient (Wildman–Crippen LogP) is 4.34. The summed E-state index contributed by atoms with van der Waals surface area (Å²) >= 11 is 0. The molecule has 1 spiro atoms. The van der Waals surface area contributed by atoms with Crippen molar-refractivity contribution in [3.05, 3.63) is 43.0 Å². The number of rotatable bonds is 4. The molecule has 0 bridgehead atoms. The predicted molar refractivity (Wildman–Crippen MR) is 111 cm³/mol. The number of fused-ring (bicyclic) bond motifs is 2. The van der Waals surface area contributed by atoms with Crippen molar-refractivity contribution in [3.63, 3.8) is 0 Å². The van der Waals surface area contributed by atoms with Gasteiger partial charge in [0.25, 0.3) is 0 Å². The van der Waals surface area contributed by atoms with Crippen LogP contribution in [0, 0.1) is 5.41 Å². The first-order valence-corrected chi connectivity index (χ1v) is 10.2. The van der Waals surface area contributed by atoms with Crippen molar-refractivity contribution in [1.29, 1.82) is 0 Å². The smallest absolute Gasteiger partial charge is 0.249 e. The average molecular weight is 422 g/mol. The van der Waals surface area contributed by atoms with Crippen LogP contribution in [0.4, 0.5) is 14.7 Å². The summed E-state index contributed by atoms with van der Waals surface area (Å²) in [6.07, 6.45) is 6.68. The number of nitrogens with one attached hydrogen (secondary N) is 1. The first kappa shape index (κ1) is 18.4. The van der Waals surface area contributed by atoms with E-state index in [0.29, 0.717) is 11.8 Å². The Hall–Kier alpha value is -3.36. The highest BCUT2D eigenvalue weighted by Gasteiger charge is 2.61. The normalized spacial score (nSPS) is 19.3. The number of aromatic nitrogens is 5. The van der Waals surface area contributed by atoms with Gasteiger partial charge in [-0.05, 0) is 42.0 Å². The van der Waals surface area contributed by atoms with Gasteiger partial charge in [0.1, 0.15) is 6.33 Å². The largest absolute Gasteiger partial charge is 0.480 e. The van der Waals surface area contributed by atoms with Crippen molar-refractivity contribution in [2.24, 2.45) is 5.41 Å². The molecule has 2 aliphatic rings. The molecular weight excluding hydrogens is 402 g/mol. The zero-order valence-corrected chi connectivity index (χ0v) is 16.8. The lowest BCUT2D eigenvalue weighted by Gasteiger charge is -2.57. The number of ether oxygens (including phenoxy) is 1. The molecular formula is C22H20F2N6O. The number of nitrogens with zero attached hydrogens (tertiary/aromatic N) is 5. The van der Waals surface area contributed by atoms with Gasteiger partial charge >= 0.3 is 0 Å². The Bertz CT molecular complexity index is 1300. The summed E-state index contributed by atoms with van der Waals surface area (Å²) < 4.78 is 33.5. The van der Waals surface area contributed by atoms with Crippen molar-refractivity contribution in [1.82, 2.24) is 24.6 Å². The second-order valence-electron chi connectivity index (χ2n) is 8.71. The number of anilines is 1. The number of hydrogen-bond acceptors (Lipinski definition) is 6. The fraction of sp³-hybridized carbons (Fsp3) is 0.364. The standard InChI is InChI=1S/C22H20F2N6O/c1-31-19-16-6-13(2-3-17(16)26-12-27-19)15-4-5-30-18(15)9-25-20(29-30)28-14-7-21(8-14)10-22(23,24)11-21/h2-6,9,12,14H,7-8,10-11H2,1H3,(H,28,29). The monoisotopic (exact) mass is 422 g/mol. The molecule has 7 nitrogen and oxygen atoms in total. The molecule has 0 unspecified atom stereocenters. The number of hydrogen-bond donors (Lipinski definition) is 1. The number of benzene rings is 1. The molecule has 0 radical (unpaired) electrons. The third-order valence-electron chi connectivity index (χ3n) is 6.48. The topological polar surface area (TPSA) is 77.2 Å². The molecule has 3 aromatic heterocycles. The van der Waals surface area contributed by atoms with Crippen LogP contribution in [0.5, 0.6) is 5.88 Å². The number of halogens is 2. The Kier molecular flexibility index (Phi) is 3.75. The summed E-state index contributed by atoms with van der Waals surface area (Å²) in [7, 11) is 1.59. The van der Waals surface area contributed by atoms with E-state index in [1.165, 1.54) is 6.33 Å². The van der Waals surface area contributed by atoms with Crippen LogP contribution in [-0.4, -0.2) is 43.6 Å². The van der Waals surface area contributed by atoms with E-state index in [9.17, 15) is 8.78 Å². The van der Waals surface area contributed by atoms with Crippen LogP contribution < -0.4 is 10.1 Å². The molecule has 2 saturated carbocycles. The first-order chi connectivity index (χ1) is 14.9. The molecule has 3 heterocycles. The highest BCUT2D eigenvalue weighted by Crippen LogP contribution is 2.62. The highest BCUT2D eigenvalue weighted by atomic mass is 19.3. The minimum atomic E-state index is -2.47. The molecule has 0 aliphatic heterocycles. The number of methoxy groups -OCH3 is 1. The van der Waals surface area contributed by atoms with Gasteiger partial charge in [-0.3, -0.25) is 0 Å². The zero-order valence-electron chi connectivity index (χ0n) is 16.8. The van der Waals surface area contributed by atoms with Crippen molar-refractivity contribution in [2.75, 3.05) is 12.4 Å². The quantitative estimate of drug-likeness (QED) is 0.527. The van der Waals surface area contributed by atoms with Crippen LogP contribution >= 0.6 is 0 Å².